The first-order valence-corrected chi connectivity index (χ1v) is 5.02. The first kappa shape index (κ1) is 9.91. The fraction of sp³-hybridized carbons (Fsp3) is 1.00. The molecule has 1 atom stereocenters. The third kappa shape index (κ3) is 2.66. The van der Waals surface area contributed by atoms with Crippen molar-refractivity contribution in [3.63, 3.8) is 0 Å². The van der Waals surface area contributed by atoms with E-state index in [1.165, 1.54) is 0 Å². The second kappa shape index (κ2) is 3.34. The molecule has 0 radical (unpaired) electrons. The smallest absolute Gasteiger partial charge is 0.212 e. The number of hydrogen-bond donors (Lipinski definition) is 1. The van der Waals surface area contributed by atoms with Crippen molar-refractivity contribution in [3.05, 3.63) is 0 Å². The third-order valence-electron chi connectivity index (χ3n) is 1.57. The van der Waals surface area contributed by atoms with Crippen molar-refractivity contribution in [2.24, 2.45) is 11.1 Å². The minimum absolute atomic E-state index is 0.111. The molecule has 0 aliphatic carbocycles. The van der Waals surface area contributed by atoms with Gasteiger partial charge in [0.25, 0.3) is 0 Å². The van der Waals surface area contributed by atoms with Gasteiger partial charge in [0.05, 0.1) is 5.25 Å². The van der Waals surface area contributed by atoms with Gasteiger partial charge < -0.3 is 0 Å². The summed E-state index contributed by atoms with van der Waals surface area (Å²) in [6, 6.07) is 0. The van der Waals surface area contributed by atoms with E-state index < -0.39 is 10.0 Å². The van der Waals surface area contributed by atoms with Crippen LogP contribution in [0.3, 0.4) is 0 Å². The molecule has 0 spiro atoms. The van der Waals surface area contributed by atoms with Gasteiger partial charge in [0.1, 0.15) is 0 Å². The van der Waals surface area contributed by atoms with Crippen LogP contribution in [0, 0.1) is 5.92 Å². The molecule has 0 amide bonds. The second-order valence-electron chi connectivity index (χ2n) is 2.78. The van der Waals surface area contributed by atoms with E-state index in [0.29, 0.717) is 6.42 Å². The van der Waals surface area contributed by atoms with Crippen LogP contribution >= 0.6 is 0 Å². The topological polar surface area (TPSA) is 60.2 Å². The molecule has 10 heavy (non-hydrogen) atoms. The highest BCUT2D eigenvalue weighted by Crippen LogP contribution is 2.12. The molecule has 0 rings (SSSR count). The van der Waals surface area contributed by atoms with Crippen LogP contribution in [-0.2, 0) is 10.0 Å². The molecule has 0 aliphatic rings. The molecule has 0 heterocycles. The quantitative estimate of drug-likeness (QED) is 0.669. The zero-order valence-electron chi connectivity index (χ0n) is 6.66. The summed E-state index contributed by atoms with van der Waals surface area (Å²) in [5.74, 6) is 0.111. The monoisotopic (exact) mass is 165 g/mol. The maximum atomic E-state index is 10.8. The summed E-state index contributed by atoms with van der Waals surface area (Å²) in [7, 11) is -3.31. The molecule has 0 fully saturated rings. The summed E-state index contributed by atoms with van der Waals surface area (Å²) in [5, 5.41) is 4.58. The van der Waals surface area contributed by atoms with Gasteiger partial charge in [-0.15, -0.1) is 0 Å². The average molecular weight is 165 g/mol. The van der Waals surface area contributed by atoms with Crippen molar-refractivity contribution in [2.45, 2.75) is 32.4 Å². The fourth-order valence-corrected chi connectivity index (χ4v) is 2.31. The van der Waals surface area contributed by atoms with E-state index in [2.05, 4.69) is 0 Å². The Morgan fingerprint density at radius 1 is 1.40 bits per heavy atom. The van der Waals surface area contributed by atoms with Crippen LogP contribution in [0.15, 0.2) is 0 Å². The molecule has 4 heteroatoms. The van der Waals surface area contributed by atoms with Crippen LogP contribution in [0.4, 0.5) is 0 Å². The lowest BCUT2D eigenvalue weighted by Crippen LogP contribution is -2.32. The molecule has 0 saturated heterocycles. The van der Waals surface area contributed by atoms with Gasteiger partial charge in [-0.1, -0.05) is 20.8 Å². The highest BCUT2D eigenvalue weighted by molar-refractivity contribution is 7.89. The highest BCUT2D eigenvalue weighted by Gasteiger charge is 2.22. The van der Waals surface area contributed by atoms with E-state index in [4.69, 9.17) is 5.14 Å². The standard InChI is InChI=1S/C6H15NO2S/c1-4-6(5(2)3)10(7,8)9/h5-6H,4H2,1-3H3,(H2,7,8,9). The van der Waals surface area contributed by atoms with Gasteiger partial charge in [-0.3, -0.25) is 0 Å². The predicted molar refractivity (Wildman–Crippen MR) is 42.0 cm³/mol. The fourth-order valence-electron chi connectivity index (χ4n) is 1.08. The van der Waals surface area contributed by atoms with E-state index in [0.717, 1.165) is 0 Å². The minimum Gasteiger partial charge on any atom is -0.228 e. The highest BCUT2D eigenvalue weighted by atomic mass is 32.2. The van der Waals surface area contributed by atoms with Crippen LogP contribution in [0.5, 0.6) is 0 Å². The summed E-state index contributed by atoms with van der Waals surface area (Å²) in [6.07, 6.45) is 0.594. The Labute approximate surface area is 62.7 Å². The van der Waals surface area contributed by atoms with E-state index in [-0.39, 0.29) is 11.2 Å². The lowest BCUT2D eigenvalue weighted by Gasteiger charge is -2.15. The maximum Gasteiger partial charge on any atom is 0.212 e. The number of rotatable bonds is 3. The summed E-state index contributed by atoms with van der Waals surface area (Å²) in [6.45, 7) is 5.55. The van der Waals surface area contributed by atoms with Crippen molar-refractivity contribution in [2.75, 3.05) is 0 Å². The van der Waals surface area contributed by atoms with Gasteiger partial charge in [0.15, 0.2) is 0 Å². The Morgan fingerprint density at radius 2 is 1.80 bits per heavy atom. The zero-order chi connectivity index (χ0) is 8.36. The molecule has 3 nitrogen and oxygen atoms in total. The van der Waals surface area contributed by atoms with Gasteiger partial charge in [0.2, 0.25) is 10.0 Å². The van der Waals surface area contributed by atoms with E-state index >= 15 is 0 Å². The van der Waals surface area contributed by atoms with Gasteiger partial charge in [-0.25, -0.2) is 13.6 Å². The molecule has 62 valence electrons. The number of sulfonamides is 1. The van der Waals surface area contributed by atoms with Crippen molar-refractivity contribution in [3.8, 4) is 0 Å². The average Bonchev–Trinajstić information content (AvgIpc) is 1.60. The van der Waals surface area contributed by atoms with Crippen LogP contribution in [0.2, 0.25) is 0 Å². The Hall–Kier alpha value is -0.0900. The molecule has 0 aromatic heterocycles. The van der Waals surface area contributed by atoms with E-state index in [1.54, 1.807) is 0 Å². The van der Waals surface area contributed by atoms with Gasteiger partial charge in [-0.05, 0) is 12.3 Å². The van der Waals surface area contributed by atoms with Gasteiger partial charge in [0, 0.05) is 0 Å². The SMILES string of the molecule is CCC(C(C)C)S(N)(=O)=O. The van der Waals surface area contributed by atoms with Crippen molar-refractivity contribution in [1.82, 2.24) is 0 Å². The van der Waals surface area contributed by atoms with Crippen LogP contribution in [-0.4, -0.2) is 13.7 Å². The predicted octanol–water partition coefficient (Wildman–Crippen LogP) is 0.710. The molecule has 0 bridgehead atoms. The lowest BCUT2D eigenvalue weighted by atomic mass is 10.1. The normalized spacial score (nSPS) is 15.7. The molecule has 0 saturated carbocycles. The Balaban J connectivity index is 4.38. The zero-order valence-corrected chi connectivity index (χ0v) is 7.48. The van der Waals surface area contributed by atoms with Crippen molar-refractivity contribution >= 4 is 10.0 Å². The minimum atomic E-state index is -3.31. The second-order valence-corrected chi connectivity index (χ2v) is 4.56. The Bertz CT molecular complexity index is 184. The number of hydrogen-bond acceptors (Lipinski definition) is 2. The van der Waals surface area contributed by atoms with Crippen LogP contribution in [0.1, 0.15) is 27.2 Å². The Kier molecular flexibility index (Phi) is 3.31. The Morgan fingerprint density at radius 3 is 1.80 bits per heavy atom. The summed E-state index contributed by atoms with van der Waals surface area (Å²) in [4.78, 5) is 0. The number of primary sulfonamides is 1. The maximum absolute atomic E-state index is 10.8. The molecule has 1 unspecified atom stereocenters. The van der Waals surface area contributed by atoms with Gasteiger partial charge >= 0.3 is 0 Å². The molecule has 0 aromatic carbocycles. The number of nitrogens with two attached hydrogens (primary N) is 1. The van der Waals surface area contributed by atoms with E-state index in [1.807, 2.05) is 20.8 Å². The summed E-state index contributed by atoms with van der Waals surface area (Å²) >= 11 is 0. The first-order valence-electron chi connectivity index (χ1n) is 3.41. The van der Waals surface area contributed by atoms with Crippen LogP contribution < -0.4 is 5.14 Å². The molecule has 2 N–H and O–H groups in total. The summed E-state index contributed by atoms with van der Waals surface area (Å²) in [5.41, 5.74) is 0. The lowest BCUT2D eigenvalue weighted by molar-refractivity contribution is 0.523. The molecule has 0 aromatic rings. The largest absolute Gasteiger partial charge is 0.228 e. The molecular weight excluding hydrogens is 150 g/mol. The van der Waals surface area contributed by atoms with Crippen LogP contribution in [0.25, 0.3) is 0 Å². The summed E-state index contributed by atoms with van der Waals surface area (Å²) < 4.78 is 21.6. The van der Waals surface area contributed by atoms with E-state index in [9.17, 15) is 8.42 Å². The third-order valence-corrected chi connectivity index (χ3v) is 3.29. The van der Waals surface area contributed by atoms with Crippen molar-refractivity contribution in [1.29, 1.82) is 0 Å². The first-order chi connectivity index (χ1) is 4.39. The van der Waals surface area contributed by atoms with Gasteiger partial charge in [-0.2, -0.15) is 0 Å². The molecule has 0 aliphatic heterocycles. The molecular formula is C6H15NO2S. The van der Waals surface area contributed by atoms with Crippen molar-refractivity contribution < 1.29 is 8.42 Å².